The van der Waals surface area contributed by atoms with Gasteiger partial charge in [-0.05, 0) is 36.8 Å². The van der Waals surface area contributed by atoms with Gasteiger partial charge in [0.2, 0.25) is 5.91 Å². The Morgan fingerprint density at radius 1 is 1.24 bits per heavy atom. The summed E-state index contributed by atoms with van der Waals surface area (Å²) in [5, 5.41) is 14.8. The van der Waals surface area contributed by atoms with Crippen LogP contribution in [0, 0.1) is 0 Å². The van der Waals surface area contributed by atoms with Gasteiger partial charge in [0.1, 0.15) is 0 Å². The number of nitrogens with one attached hydrogen (secondary N) is 1. The molecule has 0 aliphatic carbocycles. The second-order valence-electron chi connectivity index (χ2n) is 4.62. The molecule has 0 aromatic heterocycles. The molecule has 0 saturated heterocycles. The van der Waals surface area contributed by atoms with Gasteiger partial charge in [-0.3, -0.25) is 4.79 Å². The van der Waals surface area contributed by atoms with Crippen LogP contribution < -0.4 is 5.32 Å². The molecular weight excluding hydrogens is 332 g/mol. The molecule has 21 heavy (non-hydrogen) atoms. The summed E-state index contributed by atoms with van der Waals surface area (Å²) in [5.74, 6) is -0.0937. The molecule has 1 amide bonds. The molecule has 0 aliphatic heterocycles. The Morgan fingerprint density at radius 3 is 2.71 bits per heavy atom. The number of carbonyl (C=O) groups is 1. The molecule has 0 fully saturated rings. The van der Waals surface area contributed by atoms with E-state index >= 15 is 0 Å². The minimum atomic E-state index is -0.0937. The first-order chi connectivity index (χ1) is 10.1. The van der Waals surface area contributed by atoms with Crippen LogP contribution in [0.2, 0.25) is 0 Å². The first kappa shape index (κ1) is 15.3. The molecule has 0 aliphatic rings. The van der Waals surface area contributed by atoms with Gasteiger partial charge in [0.25, 0.3) is 0 Å². The standard InChI is InChI=1S/C16H15BrN2O2/c1-11(19-21)13-5-3-7-15(10-13)18-16(20)9-12-4-2-6-14(17)8-12/h2-8,10,21H,9H2,1H3,(H,18,20). The van der Waals surface area contributed by atoms with Crippen LogP contribution in [-0.2, 0) is 11.2 Å². The molecule has 2 aromatic carbocycles. The third-order valence-electron chi connectivity index (χ3n) is 2.97. The van der Waals surface area contributed by atoms with E-state index in [9.17, 15) is 4.79 Å². The van der Waals surface area contributed by atoms with E-state index in [0.717, 1.165) is 15.6 Å². The Labute approximate surface area is 131 Å². The average Bonchev–Trinajstić information content (AvgIpc) is 2.46. The third kappa shape index (κ3) is 4.43. The quantitative estimate of drug-likeness (QED) is 0.502. The first-order valence-corrected chi connectivity index (χ1v) is 7.21. The lowest BCUT2D eigenvalue weighted by Crippen LogP contribution is -2.14. The van der Waals surface area contributed by atoms with Crippen LogP contribution in [0.15, 0.2) is 58.2 Å². The molecule has 2 aromatic rings. The summed E-state index contributed by atoms with van der Waals surface area (Å²) in [4.78, 5) is 12.0. The van der Waals surface area contributed by atoms with Crippen LogP contribution in [0.4, 0.5) is 5.69 Å². The maximum Gasteiger partial charge on any atom is 0.228 e. The Kier molecular flexibility index (Phi) is 5.11. The van der Waals surface area contributed by atoms with Crippen LogP contribution in [-0.4, -0.2) is 16.8 Å². The fourth-order valence-corrected chi connectivity index (χ4v) is 2.36. The number of hydrogen-bond donors (Lipinski definition) is 2. The van der Waals surface area contributed by atoms with Crippen LogP contribution in [0.1, 0.15) is 18.1 Å². The van der Waals surface area contributed by atoms with Crippen molar-refractivity contribution >= 4 is 33.2 Å². The molecule has 0 saturated carbocycles. The Morgan fingerprint density at radius 2 is 2.00 bits per heavy atom. The van der Waals surface area contributed by atoms with Crippen molar-refractivity contribution in [3.63, 3.8) is 0 Å². The van der Waals surface area contributed by atoms with Crippen LogP contribution in [0.5, 0.6) is 0 Å². The summed E-state index contributed by atoms with van der Waals surface area (Å²) < 4.78 is 0.949. The van der Waals surface area contributed by atoms with Gasteiger partial charge in [0, 0.05) is 15.7 Å². The number of oxime groups is 1. The first-order valence-electron chi connectivity index (χ1n) is 6.42. The van der Waals surface area contributed by atoms with Crippen molar-refractivity contribution in [3.8, 4) is 0 Å². The molecule has 0 heterocycles. The second-order valence-corrected chi connectivity index (χ2v) is 5.54. The van der Waals surface area contributed by atoms with Gasteiger partial charge in [-0.25, -0.2) is 0 Å². The van der Waals surface area contributed by atoms with E-state index < -0.39 is 0 Å². The molecule has 0 unspecified atom stereocenters. The fraction of sp³-hybridized carbons (Fsp3) is 0.125. The molecule has 2 N–H and O–H groups in total. The molecular formula is C16H15BrN2O2. The molecule has 4 nitrogen and oxygen atoms in total. The molecule has 5 heteroatoms. The van der Waals surface area contributed by atoms with Crippen molar-refractivity contribution in [2.24, 2.45) is 5.16 Å². The van der Waals surface area contributed by atoms with E-state index in [1.54, 1.807) is 25.1 Å². The van der Waals surface area contributed by atoms with Gasteiger partial charge in [0.05, 0.1) is 12.1 Å². The molecule has 108 valence electrons. The van der Waals surface area contributed by atoms with Crippen LogP contribution in [0.3, 0.4) is 0 Å². The van der Waals surface area contributed by atoms with Gasteiger partial charge < -0.3 is 10.5 Å². The van der Waals surface area contributed by atoms with Crippen LogP contribution >= 0.6 is 15.9 Å². The SMILES string of the molecule is CC(=NO)c1cccc(NC(=O)Cc2cccc(Br)c2)c1. The molecule has 0 spiro atoms. The van der Waals surface area contributed by atoms with Gasteiger partial charge in [-0.15, -0.1) is 0 Å². The number of halogens is 1. The Bertz CT molecular complexity index is 683. The van der Waals surface area contributed by atoms with Crippen molar-refractivity contribution < 1.29 is 10.0 Å². The zero-order valence-corrected chi connectivity index (χ0v) is 13.1. The summed E-state index contributed by atoms with van der Waals surface area (Å²) >= 11 is 3.38. The summed E-state index contributed by atoms with van der Waals surface area (Å²) in [6, 6.07) is 14.8. The molecule has 0 bridgehead atoms. The predicted molar refractivity (Wildman–Crippen MR) is 86.9 cm³/mol. The highest BCUT2D eigenvalue weighted by atomic mass is 79.9. The summed E-state index contributed by atoms with van der Waals surface area (Å²) in [6.07, 6.45) is 0.302. The number of hydrogen-bond acceptors (Lipinski definition) is 3. The lowest BCUT2D eigenvalue weighted by molar-refractivity contribution is -0.115. The van der Waals surface area contributed by atoms with E-state index in [0.29, 0.717) is 17.8 Å². The minimum absolute atomic E-state index is 0.0937. The predicted octanol–water partition coefficient (Wildman–Crippen LogP) is 3.83. The van der Waals surface area contributed by atoms with Gasteiger partial charge in [-0.1, -0.05) is 45.4 Å². The minimum Gasteiger partial charge on any atom is -0.411 e. The monoisotopic (exact) mass is 346 g/mol. The van der Waals surface area contributed by atoms with E-state index in [1.165, 1.54) is 0 Å². The largest absolute Gasteiger partial charge is 0.411 e. The van der Waals surface area contributed by atoms with Crippen molar-refractivity contribution in [1.29, 1.82) is 0 Å². The van der Waals surface area contributed by atoms with Crippen LogP contribution in [0.25, 0.3) is 0 Å². The van der Waals surface area contributed by atoms with Gasteiger partial charge in [0.15, 0.2) is 0 Å². The van der Waals surface area contributed by atoms with Crippen molar-refractivity contribution in [2.45, 2.75) is 13.3 Å². The normalized spacial score (nSPS) is 11.2. The second kappa shape index (κ2) is 7.04. The van der Waals surface area contributed by atoms with E-state index in [1.807, 2.05) is 30.3 Å². The Balaban J connectivity index is 2.06. The number of amides is 1. The van der Waals surface area contributed by atoms with Gasteiger partial charge in [-0.2, -0.15) is 0 Å². The fourth-order valence-electron chi connectivity index (χ4n) is 1.92. The number of carbonyl (C=O) groups excluding carboxylic acids is 1. The summed E-state index contributed by atoms with van der Waals surface area (Å²) in [7, 11) is 0. The zero-order valence-electron chi connectivity index (χ0n) is 11.5. The van der Waals surface area contributed by atoms with E-state index in [2.05, 4.69) is 26.4 Å². The number of anilines is 1. The molecule has 0 atom stereocenters. The smallest absolute Gasteiger partial charge is 0.228 e. The average molecular weight is 347 g/mol. The highest BCUT2D eigenvalue weighted by Crippen LogP contribution is 2.14. The third-order valence-corrected chi connectivity index (χ3v) is 3.46. The number of rotatable bonds is 4. The zero-order chi connectivity index (χ0) is 15.2. The van der Waals surface area contributed by atoms with Crippen molar-refractivity contribution in [1.82, 2.24) is 0 Å². The molecule has 2 rings (SSSR count). The van der Waals surface area contributed by atoms with E-state index in [4.69, 9.17) is 5.21 Å². The lowest BCUT2D eigenvalue weighted by Gasteiger charge is -2.07. The highest BCUT2D eigenvalue weighted by molar-refractivity contribution is 9.10. The summed E-state index contributed by atoms with van der Waals surface area (Å²) in [5.41, 5.74) is 2.87. The number of nitrogens with zero attached hydrogens (tertiary/aromatic N) is 1. The van der Waals surface area contributed by atoms with Gasteiger partial charge >= 0.3 is 0 Å². The summed E-state index contributed by atoms with van der Waals surface area (Å²) in [6.45, 7) is 1.70. The van der Waals surface area contributed by atoms with Crippen molar-refractivity contribution in [3.05, 3.63) is 64.1 Å². The maximum absolute atomic E-state index is 12.0. The Hall–Kier alpha value is -2.14. The topological polar surface area (TPSA) is 61.7 Å². The number of benzene rings is 2. The van der Waals surface area contributed by atoms with E-state index in [-0.39, 0.29) is 5.91 Å². The molecule has 0 radical (unpaired) electrons. The highest BCUT2D eigenvalue weighted by Gasteiger charge is 2.06. The maximum atomic E-state index is 12.0. The van der Waals surface area contributed by atoms with Crippen molar-refractivity contribution in [2.75, 3.05) is 5.32 Å². The lowest BCUT2D eigenvalue weighted by atomic mass is 10.1.